The number of hydrogen-bond donors (Lipinski definition) is 12. The number of aliphatic hydroxyl groups excluding tert-OH is 10. The van der Waals surface area contributed by atoms with Crippen molar-refractivity contribution in [3.05, 3.63) is 0 Å². The molecule has 12 N–H and O–H groups in total. The summed E-state index contributed by atoms with van der Waals surface area (Å²) in [7, 11) is 0. The van der Waals surface area contributed by atoms with E-state index in [1.807, 2.05) is 0 Å². The average Bonchev–Trinajstić information content (AvgIpc) is 3.67. The van der Waals surface area contributed by atoms with Crippen LogP contribution in [0.2, 0.25) is 0 Å². The van der Waals surface area contributed by atoms with Gasteiger partial charge in [-0.1, -0.05) is 90.4 Å². The Hall–Kier alpha value is -3.09. The van der Waals surface area contributed by atoms with Gasteiger partial charge < -0.3 is 95.0 Å². The summed E-state index contributed by atoms with van der Waals surface area (Å²) in [5.74, 6) is -3.61. The van der Waals surface area contributed by atoms with E-state index in [4.69, 9.17) is 33.3 Å². The predicted octanol–water partition coefficient (Wildman–Crippen LogP) is -2.69. The Morgan fingerprint density at radius 3 is 1.65 bits per heavy atom. The van der Waals surface area contributed by atoms with Gasteiger partial charge in [-0.05, 0) is 12.8 Å². The molecule has 25 heteroatoms. The molecule has 0 aliphatic carbocycles. The SMILES string of the molecule is CCCCCCCCCCCCCCCCC(=O)N[C@@H](CCC(=O)ON1C(=O)CCC1=O)C(=O)NCCO[C@H]1O[C@H](CO[C@H]2O[C@H](CO)[C@@H](O)[C@H](O)[C@@H]2O)[C@@H](O)[C@H](O[C@H]2O[C@H](CO)[C@@H](O)[C@H](O)[C@@H]2O)[C@@H]1O. The maximum Gasteiger partial charge on any atom is 0.333 e. The van der Waals surface area contributed by atoms with Crippen LogP contribution in [0.4, 0.5) is 0 Å². The van der Waals surface area contributed by atoms with E-state index in [1.54, 1.807) is 0 Å². The number of hydroxylamine groups is 2. The topological polar surface area (TPSA) is 380 Å². The van der Waals surface area contributed by atoms with Crippen LogP contribution in [0.25, 0.3) is 0 Å². The highest BCUT2D eigenvalue weighted by Gasteiger charge is 2.52. The molecule has 4 heterocycles. The van der Waals surface area contributed by atoms with Crippen molar-refractivity contribution in [2.24, 2.45) is 0 Å². The summed E-state index contributed by atoms with van der Waals surface area (Å²) in [5, 5.41) is 110. The number of ether oxygens (including phenoxy) is 6. The van der Waals surface area contributed by atoms with Gasteiger partial charge in [0.25, 0.3) is 11.8 Å². The van der Waals surface area contributed by atoms with Crippen molar-refractivity contribution < 1.29 is 108 Å². The number of unbranched alkanes of at least 4 members (excludes halogenated alkanes) is 13. The highest BCUT2D eigenvalue weighted by atomic mass is 16.8. The third-order valence-corrected chi connectivity index (χ3v) is 13.0. The molecule has 0 aromatic heterocycles. The Bertz CT molecular complexity index is 1600. The first kappa shape index (κ1) is 60.5. The standard InChI is InChI=1S/C46H79N3O22/c1-2-3-4-5-6-7-8-9-10-11-12-13-14-15-16-30(52)48-26(17-20-33(55)71-49-31(53)18-19-32(49)54)43(64)47-21-22-65-45-41(63)42(70-46-40(62)38(60)35(57)28(24-51)68-46)36(58)29(69-45)25-66-44-39(61)37(59)34(56)27(23-50)67-44/h26-29,34-42,44-46,50-51,56-63H,2-25H2,1H3,(H,47,64)(H,48,52)/t26-,27+,28+,29+,34+,35+,36+,37-,38-,39-,40-,41-,42-,44-,45-,46+/m0/s1. The second-order valence-corrected chi connectivity index (χ2v) is 18.6. The zero-order valence-corrected chi connectivity index (χ0v) is 40.5. The van der Waals surface area contributed by atoms with Gasteiger partial charge >= 0.3 is 5.97 Å². The molecule has 71 heavy (non-hydrogen) atoms. The zero-order chi connectivity index (χ0) is 52.0. The Morgan fingerprint density at radius 2 is 1.10 bits per heavy atom. The van der Waals surface area contributed by atoms with Crippen molar-refractivity contribution in [3.8, 4) is 0 Å². The Morgan fingerprint density at radius 1 is 0.606 bits per heavy atom. The van der Waals surface area contributed by atoms with Crippen LogP contribution in [-0.2, 0) is 57.2 Å². The van der Waals surface area contributed by atoms with Crippen LogP contribution < -0.4 is 10.6 Å². The van der Waals surface area contributed by atoms with Crippen molar-refractivity contribution in [1.82, 2.24) is 15.7 Å². The molecule has 0 saturated carbocycles. The summed E-state index contributed by atoms with van der Waals surface area (Å²) in [5.41, 5.74) is 0. The van der Waals surface area contributed by atoms with Crippen molar-refractivity contribution in [3.63, 3.8) is 0 Å². The molecule has 4 saturated heterocycles. The first-order valence-corrected chi connectivity index (χ1v) is 25.2. The van der Waals surface area contributed by atoms with Crippen LogP contribution >= 0.6 is 0 Å². The molecule has 4 aliphatic rings. The van der Waals surface area contributed by atoms with Gasteiger partial charge in [-0.25, -0.2) is 4.79 Å². The first-order valence-electron chi connectivity index (χ1n) is 25.2. The number of carbonyl (C=O) groups excluding carboxylic acids is 5. The summed E-state index contributed by atoms with van der Waals surface area (Å²) >= 11 is 0. The van der Waals surface area contributed by atoms with Crippen molar-refractivity contribution in [1.29, 1.82) is 0 Å². The van der Waals surface area contributed by atoms with E-state index in [-0.39, 0.29) is 32.2 Å². The second-order valence-electron chi connectivity index (χ2n) is 18.6. The van der Waals surface area contributed by atoms with Gasteiger partial charge in [-0.3, -0.25) is 19.2 Å². The number of hydrogen-bond acceptors (Lipinski definition) is 22. The molecular formula is C46H79N3O22. The smallest absolute Gasteiger partial charge is 0.333 e. The van der Waals surface area contributed by atoms with Crippen LogP contribution in [-0.4, -0.2) is 217 Å². The molecule has 16 atom stereocenters. The molecule has 0 radical (unpaired) electrons. The monoisotopic (exact) mass is 1030 g/mol. The summed E-state index contributed by atoms with van der Waals surface area (Å²) in [6, 6.07) is -1.29. The molecule has 4 amide bonds. The number of amides is 4. The Balaban J connectivity index is 1.33. The molecule has 0 bridgehead atoms. The molecule has 4 fully saturated rings. The molecule has 4 rings (SSSR count). The van der Waals surface area contributed by atoms with E-state index in [0.29, 0.717) is 11.5 Å². The maximum absolute atomic E-state index is 13.5. The fourth-order valence-electron chi connectivity index (χ4n) is 8.62. The number of rotatable bonds is 32. The van der Waals surface area contributed by atoms with Gasteiger partial charge in [0.15, 0.2) is 18.9 Å². The van der Waals surface area contributed by atoms with Crippen LogP contribution in [0.1, 0.15) is 129 Å². The van der Waals surface area contributed by atoms with Gasteiger partial charge in [0, 0.05) is 25.8 Å². The minimum Gasteiger partial charge on any atom is -0.394 e. The van der Waals surface area contributed by atoms with E-state index >= 15 is 0 Å². The zero-order valence-electron chi connectivity index (χ0n) is 40.5. The lowest BCUT2D eigenvalue weighted by molar-refractivity contribution is -0.366. The van der Waals surface area contributed by atoms with Crippen molar-refractivity contribution >= 4 is 29.6 Å². The van der Waals surface area contributed by atoms with Gasteiger partial charge in [-0.2, -0.15) is 0 Å². The van der Waals surface area contributed by atoms with E-state index in [9.17, 15) is 75.0 Å². The quantitative estimate of drug-likeness (QED) is 0.0241. The molecule has 410 valence electrons. The van der Waals surface area contributed by atoms with Crippen LogP contribution in [0.3, 0.4) is 0 Å². The van der Waals surface area contributed by atoms with E-state index in [0.717, 1.165) is 25.7 Å². The first-order chi connectivity index (χ1) is 34.0. The largest absolute Gasteiger partial charge is 0.394 e. The van der Waals surface area contributed by atoms with E-state index in [1.165, 1.54) is 57.8 Å². The number of carbonyl (C=O) groups is 5. The highest BCUT2D eigenvalue weighted by Crippen LogP contribution is 2.31. The number of imide groups is 1. The lowest BCUT2D eigenvalue weighted by Crippen LogP contribution is -2.65. The molecule has 0 aromatic rings. The Kier molecular flexibility index (Phi) is 26.9. The molecule has 25 nitrogen and oxygen atoms in total. The fourth-order valence-corrected chi connectivity index (χ4v) is 8.62. The minimum atomic E-state index is -1.96. The van der Waals surface area contributed by atoms with Gasteiger partial charge in [0.1, 0.15) is 79.3 Å². The molecule has 4 aliphatic heterocycles. The van der Waals surface area contributed by atoms with Crippen LogP contribution in [0.15, 0.2) is 0 Å². The van der Waals surface area contributed by atoms with Crippen molar-refractivity contribution in [2.75, 3.05) is 33.0 Å². The molecular weight excluding hydrogens is 947 g/mol. The predicted molar refractivity (Wildman–Crippen MR) is 241 cm³/mol. The summed E-state index contributed by atoms with van der Waals surface area (Å²) in [4.78, 5) is 68.2. The molecule has 0 aromatic carbocycles. The van der Waals surface area contributed by atoms with Crippen LogP contribution in [0, 0.1) is 0 Å². The molecule has 0 spiro atoms. The average molecular weight is 1030 g/mol. The minimum absolute atomic E-state index is 0.0997. The normalized spacial score (nSPS) is 32.7. The highest BCUT2D eigenvalue weighted by molar-refractivity contribution is 6.01. The second kappa shape index (κ2) is 31.6. The van der Waals surface area contributed by atoms with Gasteiger partial charge in [-0.15, -0.1) is 5.06 Å². The third kappa shape index (κ3) is 18.7. The van der Waals surface area contributed by atoms with E-state index in [2.05, 4.69) is 17.6 Å². The number of nitrogens with one attached hydrogen (secondary N) is 2. The summed E-state index contributed by atoms with van der Waals surface area (Å²) in [6.45, 7) is -0.845. The van der Waals surface area contributed by atoms with Gasteiger partial charge in [0.05, 0.1) is 32.8 Å². The number of aliphatic hydroxyl groups is 10. The third-order valence-electron chi connectivity index (χ3n) is 13.0. The molecule has 0 unspecified atom stereocenters. The number of nitrogens with zero attached hydrogens (tertiary/aromatic N) is 1. The maximum atomic E-state index is 13.5. The van der Waals surface area contributed by atoms with Crippen molar-refractivity contribution in [2.45, 2.75) is 227 Å². The Labute approximate surface area is 412 Å². The fraction of sp³-hybridized carbons (Fsp3) is 0.891. The lowest BCUT2D eigenvalue weighted by Gasteiger charge is -2.46. The summed E-state index contributed by atoms with van der Waals surface area (Å²) < 4.78 is 33.5. The van der Waals surface area contributed by atoms with Crippen LogP contribution in [0.5, 0.6) is 0 Å². The van der Waals surface area contributed by atoms with Gasteiger partial charge in [0.2, 0.25) is 11.8 Å². The summed E-state index contributed by atoms with van der Waals surface area (Å²) in [6.07, 6.45) is -11.4. The van der Waals surface area contributed by atoms with E-state index < -0.39 is 161 Å². The lowest BCUT2D eigenvalue weighted by atomic mass is 9.96.